The normalized spacial score (nSPS) is 10.9. The van der Waals surface area contributed by atoms with Crippen molar-refractivity contribution in [1.82, 2.24) is 0 Å². The summed E-state index contributed by atoms with van der Waals surface area (Å²) >= 11 is 0. The van der Waals surface area contributed by atoms with Crippen LogP contribution in [0.2, 0.25) is 0 Å². The Morgan fingerprint density at radius 1 is 0.583 bits per heavy atom. The average Bonchev–Trinajstić information content (AvgIpc) is 3.04. The molecule has 48 heavy (non-hydrogen) atoms. The van der Waals surface area contributed by atoms with E-state index in [0.29, 0.717) is 28.0 Å². The van der Waals surface area contributed by atoms with Crippen LogP contribution in [0.3, 0.4) is 0 Å². The molecule has 0 aliphatic heterocycles. The minimum atomic E-state index is -1.25. The van der Waals surface area contributed by atoms with Crippen LogP contribution >= 0.6 is 0 Å². The number of hydrogen-bond acceptors (Lipinski definition) is 10. The lowest BCUT2D eigenvalue weighted by molar-refractivity contribution is -0.133. The fraction of sp³-hybridized carbons (Fsp3) is 0.132. The van der Waals surface area contributed by atoms with Gasteiger partial charge in [-0.15, -0.1) is 0 Å². The minimum absolute atomic E-state index is 0.0569. The number of carbonyl (C=O) groups excluding carboxylic acids is 5. The van der Waals surface area contributed by atoms with E-state index in [1.165, 1.54) is 26.0 Å². The van der Waals surface area contributed by atoms with Crippen LogP contribution in [0.5, 0.6) is 23.0 Å². The molecule has 0 aliphatic rings. The van der Waals surface area contributed by atoms with Crippen molar-refractivity contribution in [2.24, 2.45) is 0 Å². The molecule has 3 aromatic rings. The molecule has 0 heterocycles. The van der Waals surface area contributed by atoms with E-state index in [-0.39, 0.29) is 34.0 Å². The van der Waals surface area contributed by atoms with Gasteiger partial charge in [0.2, 0.25) is 0 Å². The maximum Gasteiger partial charge on any atom is 0.521 e. The van der Waals surface area contributed by atoms with Crippen LogP contribution in [0.4, 0.5) is 4.79 Å². The SMILES string of the molecule is C=CC(=O)OC(=O)Oc1ccc(-c2cc(OC(=O)C(=C)C)c(/C(C)=C(\C)c3ccc(OC(=O)C(=C)C)cc3)cc2OC(=O)C(=C)C)cc1. The van der Waals surface area contributed by atoms with E-state index >= 15 is 0 Å². The number of carbonyl (C=O) groups is 5. The molecule has 0 aliphatic carbocycles. The van der Waals surface area contributed by atoms with E-state index in [9.17, 15) is 24.0 Å². The van der Waals surface area contributed by atoms with Crippen molar-refractivity contribution in [2.75, 3.05) is 0 Å². The van der Waals surface area contributed by atoms with Gasteiger partial charge in [0.1, 0.15) is 23.0 Å². The Morgan fingerprint density at radius 3 is 1.58 bits per heavy atom. The minimum Gasteiger partial charge on any atom is -0.423 e. The van der Waals surface area contributed by atoms with Gasteiger partial charge in [0.15, 0.2) is 0 Å². The Bertz CT molecular complexity index is 1870. The quantitative estimate of drug-likeness (QED) is 0.0502. The summed E-state index contributed by atoms with van der Waals surface area (Å²) in [6, 6.07) is 15.9. The second kappa shape index (κ2) is 15.8. The third-order valence-electron chi connectivity index (χ3n) is 6.71. The van der Waals surface area contributed by atoms with Gasteiger partial charge in [-0.3, -0.25) is 0 Å². The molecule has 10 nitrogen and oxygen atoms in total. The Kier molecular flexibility index (Phi) is 11.9. The van der Waals surface area contributed by atoms with Crippen LogP contribution in [0.15, 0.2) is 110 Å². The zero-order valence-electron chi connectivity index (χ0n) is 27.3. The average molecular weight is 651 g/mol. The molecule has 0 atom stereocenters. The molecule has 3 aromatic carbocycles. The largest absolute Gasteiger partial charge is 0.521 e. The first-order chi connectivity index (χ1) is 22.6. The summed E-state index contributed by atoms with van der Waals surface area (Å²) in [5.74, 6) is -2.24. The Morgan fingerprint density at radius 2 is 1.06 bits per heavy atom. The molecule has 10 heteroatoms. The number of esters is 4. The monoisotopic (exact) mass is 650 g/mol. The summed E-state index contributed by atoms with van der Waals surface area (Å²) < 4.78 is 26.2. The zero-order chi connectivity index (χ0) is 35.7. The summed E-state index contributed by atoms with van der Waals surface area (Å²) in [4.78, 5) is 60.6. The van der Waals surface area contributed by atoms with Crippen molar-refractivity contribution in [3.8, 4) is 34.1 Å². The van der Waals surface area contributed by atoms with Crippen LogP contribution in [0, 0.1) is 0 Å². The highest BCUT2D eigenvalue weighted by Crippen LogP contribution is 2.42. The van der Waals surface area contributed by atoms with Crippen LogP contribution < -0.4 is 18.9 Å². The molecule has 0 fully saturated rings. The zero-order valence-corrected chi connectivity index (χ0v) is 27.3. The first kappa shape index (κ1) is 36.2. The fourth-order valence-electron chi connectivity index (χ4n) is 3.95. The second-order valence-corrected chi connectivity index (χ2v) is 10.6. The molecule has 3 rings (SSSR count). The van der Waals surface area contributed by atoms with Gasteiger partial charge in [0, 0.05) is 33.9 Å². The van der Waals surface area contributed by atoms with Crippen molar-refractivity contribution in [3.63, 3.8) is 0 Å². The summed E-state index contributed by atoms with van der Waals surface area (Å²) in [7, 11) is 0. The molecule has 0 aromatic heterocycles. The molecule has 0 bridgehead atoms. The van der Waals surface area contributed by atoms with E-state index < -0.39 is 30.0 Å². The van der Waals surface area contributed by atoms with Gasteiger partial charge in [0.05, 0.1) is 0 Å². The topological polar surface area (TPSA) is 132 Å². The van der Waals surface area contributed by atoms with Crippen molar-refractivity contribution < 1.29 is 47.7 Å². The molecule has 0 unspecified atom stereocenters. The van der Waals surface area contributed by atoms with Gasteiger partial charge in [-0.1, -0.05) is 50.6 Å². The van der Waals surface area contributed by atoms with E-state index in [1.807, 2.05) is 13.8 Å². The van der Waals surface area contributed by atoms with Crippen LogP contribution in [-0.4, -0.2) is 30.0 Å². The third kappa shape index (κ3) is 9.37. The molecule has 0 spiro atoms. The lowest BCUT2D eigenvalue weighted by atomic mass is 9.93. The number of hydrogen-bond donors (Lipinski definition) is 0. The predicted molar refractivity (Wildman–Crippen MR) is 180 cm³/mol. The Labute approximate surface area is 278 Å². The number of benzene rings is 3. The Balaban J connectivity index is 2.16. The van der Waals surface area contributed by atoms with Gasteiger partial charge >= 0.3 is 30.0 Å². The van der Waals surface area contributed by atoms with E-state index in [2.05, 4.69) is 31.1 Å². The molecule has 246 valence electrons. The lowest BCUT2D eigenvalue weighted by Crippen LogP contribution is -2.14. The number of allylic oxidation sites excluding steroid dienone is 2. The molecule has 0 N–H and O–H groups in total. The predicted octanol–water partition coefficient (Wildman–Crippen LogP) is 7.98. The van der Waals surface area contributed by atoms with Crippen LogP contribution in [0.1, 0.15) is 45.7 Å². The van der Waals surface area contributed by atoms with Gasteiger partial charge in [0.25, 0.3) is 0 Å². The maximum absolute atomic E-state index is 12.8. The molecular weight excluding hydrogens is 616 g/mol. The number of rotatable bonds is 11. The third-order valence-corrected chi connectivity index (χ3v) is 6.71. The molecular formula is C38H34O10. The van der Waals surface area contributed by atoms with Crippen molar-refractivity contribution in [1.29, 1.82) is 0 Å². The standard InChI is InChI=1S/C38H34O10/c1-10-34(39)48-38(43)45-29-17-13-27(14-18-29)31-20-32(46-36(41)22(4)5)30(19-33(31)47-37(42)23(6)7)25(9)24(8)26-11-15-28(16-12-26)44-35(40)21(2)3/h10-20H,1-2,4,6H2,3,5,7-9H3/b25-24+. The lowest BCUT2D eigenvalue weighted by Gasteiger charge is -2.19. The summed E-state index contributed by atoms with van der Waals surface area (Å²) in [6.07, 6.45) is -0.430. The van der Waals surface area contributed by atoms with Gasteiger partial charge in [-0.2, -0.15) is 0 Å². The van der Waals surface area contributed by atoms with Crippen molar-refractivity contribution in [2.45, 2.75) is 34.6 Å². The summed E-state index contributed by atoms with van der Waals surface area (Å²) in [6.45, 7) is 22.4. The Hall–Kier alpha value is -6.29. The highest BCUT2D eigenvalue weighted by molar-refractivity contribution is 5.96. The van der Waals surface area contributed by atoms with Gasteiger partial charge in [-0.25, -0.2) is 24.0 Å². The molecule has 0 saturated carbocycles. The van der Waals surface area contributed by atoms with Gasteiger partial charge < -0.3 is 23.7 Å². The highest BCUT2D eigenvalue weighted by atomic mass is 16.7. The molecule has 0 radical (unpaired) electrons. The van der Waals surface area contributed by atoms with Crippen molar-refractivity contribution in [3.05, 3.63) is 121 Å². The molecule has 0 saturated heterocycles. The first-order valence-corrected chi connectivity index (χ1v) is 14.4. The van der Waals surface area contributed by atoms with Crippen LogP contribution in [-0.2, 0) is 23.9 Å². The van der Waals surface area contributed by atoms with Crippen LogP contribution in [0.25, 0.3) is 22.3 Å². The first-order valence-electron chi connectivity index (χ1n) is 14.4. The van der Waals surface area contributed by atoms with Crippen molar-refractivity contribution >= 4 is 41.2 Å². The fourth-order valence-corrected chi connectivity index (χ4v) is 3.95. The second-order valence-electron chi connectivity index (χ2n) is 10.6. The maximum atomic E-state index is 12.8. The smallest absolute Gasteiger partial charge is 0.423 e. The van der Waals surface area contributed by atoms with E-state index in [1.54, 1.807) is 55.5 Å². The summed E-state index contributed by atoms with van der Waals surface area (Å²) in [5, 5.41) is 0. The molecule has 0 amide bonds. The van der Waals surface area contributed by atoms with E-state index in [4.69, 9.17) is 18.9 Å². The van der Waals surface area contributed by atoms with Gasteiger partial charge in [-0.05, 0) is 93.3 Å². The number of ether oxygens (including phenoxy) is 5. The van der Waals surface area contributed by atoms with E-state index in [0.717, 1.165) is 17.2 Å². The summed E-state index contributed by atoms with van der Waals surface area (Å²) in [5.41, 5.74) is 4.05. The highest BCUT2D eigenvalue weighted by Gasteiger charge is 2.21.